The van der Waals surface area contributed by atoms with Crippen LogP contribution in [0.15, 0.2) is 40.4 Å². The van der Waals surface area contributed by atoms with Crippen molar-refractivity contribution in [3.8, 4) is 5.75 Å². The molecule has 198 valence electrons. The van der Waals surface area contributed by atoms with Crippen molar-refractivity contribution in [3.05, 3.63) is 36.0 Å². The first-order valence-corrected chi connectivity index (χ1v) is 12.8. The number of piperazine rings is 1. The Morgan fingerprint density at radius 1 is 1.19 bits per heavy atom. The van der Waals surface area contributed by atoms with Gasteiger partial charge in [0.15, 0.2) is 22.6 Å². The molecule has 1 aromatic carbocycles. The van der Waals surface area contributed by atoms with Crippen LogP contribution in [-0.4, -0.2) is 96.5 Å². The molecule has 4 rings (SSSR count). The summed E-state index contributed by atoms with van der Waals surface area (Å²) in [5.41, 5.74) is 6.77. The van der Waals surface area contributed by atoms with Gasteiger partial charge in [-0.05, 0) is 57.0 Å². The average molecular weight is 527 g/mol. The molecule has 0 radical (unpaired) electrons. The van der Waals surface area contributed by atoms with E-state index < -0.39 is 6.03 Å². The molecule has 1 aliphatic rings. The van der Waals surface area contributed by atoms with E-state index in [4.69, 9.17) is 20.4 Å². The van der Waals surface area contributed by atoms with E-state index in [0.717, 1.165) is 55.7 Å². The van der Waals surface area contributed by atoms with Gasteiger partial charge in [0.1, 0.15) is 0 Å². The third kappa shape index (κ3) is 7.24. The van der Waals surface area contributed by atoms with Crippen LogP contribution >= 0.6 is 11.8 Å². The molecular formula is C24H34N10O2S. The van der Waals surface area contributed by atoms with Crippen LogP contribution in [0.1, 0.15) is 5.69 Å². The van der Waals surface area contributed by atoms with Gasteiger partial charge in [0, 0.05) is 61.6 Å². The summed E-state index contributed by atoms with van der Waals surface area (Å²) in [6, 6.07) is 8.65. The number of likely N-dealkylation sites (N-methyl/N-ethyl adjacent to an activating group) is 1. The quantitative estimate of drug-likeness (QED) is 0.291. The summed E-state index contributed by atoms with van der Waals surface area (Å²) in [7, 11) is 5.82. The largest absolute Gasteiger partial charge is 0.490 e. The van der Waals surface area contributed by atoms with Gasteiger partial charge in [-0.25, -0.2) is 14.8 Å². The number of aromatic nitrogens is 4. The van der Waals surface area contributed by atoms with Crippen molar-refractivity contribution in [1.29, 1.82) is 0 Å². The summed E-state index contributed by atoms with van der Waals surface area (Å²) in [5, 5.41) is 13.7. The maximum Gasteiger partial charge on any atom is 0.316 e. The molecule has 5 N–H and O–H groups in total. The molecule has 2 amide bonds. The van der Waals surface area contributed by atoms with Crippen molar-refractivity contribution in [3.63, 3.8) is 0 Å². The molecule has 0 spiro atoms. The maximum absolute atomic E-state index is 11.1. The number of nitrogens with two attached hydrogens (primary N) is 1. The van der Waals surface area contributed by atoms with E-state index in [0.29, 0.717) is 28.2 Å². The monoisotopic (exact) mass is 526 g/mol. The minimum atomic E-state index is -0.602. The molecule has 1 fully saturated rings. The van der Waals surface area contributed by atoms with Gasteiger partial charge in [-0.2, -0.15) is 5.10 Å². The summed E-state index contributed by atoms with van der Waals surface area (Å²) >= 11 is 1.42. The summed E-state index contributed by atoms with van der Waals surface area (Å²) in [6.45, 7) is 7.56. The molecular weight excluding hydrogens is 492 g/mol. The normalized spacial score (nSPS) is 14.1. The standard InChI is InChI=1S/C24H34N10O2S/c1-16-15-19(31-30-16)27-21-20(36-4)22(34-13-11-33(12-14-34)10-9-32(2)3)29-24(28-21)37-18-7-5-17(6-8-18)26-23(25)35/h5-8,15H,9-14H2,1-4H3,(H3,25,26,35)(H2,27,28,29,30,31). The third-order valence-electron chi connectivity index (χ3n) is 5.85. The number of aryl methyl sites for hydroxylation is 1. The number of rotatable bonds is 10. The number of amides is 2. The first kappa shape index (κ1) is 26.5. The molecule has 1 saturated heterocycles. The Labute approximate surface area is 221 Å². The highest BCUT2D eigenvalue weighted by Gasteiger charge is 2.25. The number of hydrogen-bond acceptors (Lipinski definition) is 10. The molecule has 0 unspecified atom stereocenters. The number of primary amides is 1. The molecule has 12 nitrogen and oxygen atoms in total. The van der Waals surface area contributed by atoms with Gasteiger partial charge < -0.3 is 30.9 Å². The number of aromatic amines is 1. The Balaban J connectivity index is 1.60. The predicted octanol–water partition coefficient (Wildman–Crippen LogP) is 2.59. The Morgan fingerprint density at radius 2 is 1.92 bits per heavy atom. The number of methoxy groups -OCH3 is 1. The van der Waals surface area contributed by atoms with E-state index >= 15 is 0 Å². The van der Waals surface area contributed by atoms with Crippen LogP contribution in [0.5, 0.6) is 5.75 Å². The molecule has 3 aromatic rings. The Kier molecular flexibility index (Phi) is 8.69. The van der Waals surface area contributed by atoms with Crippen molar-refractivity contribution >= 4 is 40.9 Å². The van der Waals surface area contributed by atoms with Crippen molar-refractivity contribution in [2.24, 2.45) is 5.73 Å². The lowest BCUT2D eigenvalue weighted by Crippen LogP contribution is -2.48. The third-order valence-corrected chi connectivity index (χ3v) is 6.72. The molecule has 0 atom stereocenters. The zero-order valence-corrected chi connectivity index (χ0v) is 22.4. The van der Waals surface area contributed by atoms with Crippen molar-refractivity contribution < 1.29 is 9.53 Å². The van der Waals surface area contributed by atoms with E-state index in [1.807, 2.05) is 25.1 Å². The number of nitrogens with one attached hydrogen (secondary N) is 3. The van der Waals surface area contributed by atoms with Gasteiger partial charge in [-0.15, -0.1) is 0 Å². The molecule has 0 bridgehead atoms. The van der Waals surface area contributed by atoms with E-state index in [9.17, 15) is 4.79 Å². The zero-order chi connectivity index (χ0) is 26.4. The van der Waals surface area contributed by atoms with Crippen molar-refractivity contribution in [2.75, 3.05) is 76.0 Å². The smallest absolute Gasteiger partial charge is 0.316 e. The lowest BCUT2D eigenvalue weighted by Gasteiger charge is -2.36. The van der Waals surface area contributed by atoms with E-state index in [-0.39, 0.29) is 0 Å². The molecule has 0 saturated carbocycles. The molecule has 0 aliphatic carbocycles. The molecule has 13 heteroatoms. The molecule has 3 heterocycles. The van der Waals surface area contributed by atoms with Gasteiger partial charge in [0.05, 0.1) is 7.11 Å². The number of ether oxygens (including phenoxy) is 1. The van der Waals surface area contributed by atoms with E-state index in [1.165, 1.54) is 11.8 Å². The number of nitrogens with zero attached hydrogens (tertiary/aromatic N) is 6. The van der Waals surface area contributed by atoms with Gasteiger partial charge in [0.2, 0.25) is 5.75 Å². The highest BCUT2D eigenvalue weighted by atomic mass is 32.2. The fraction of sp³-hybridized carbons (Fsp3) is 0.417. The van der Waals surface area contributed by atoms with Crippen LogP contribution in [0.4, 0.5) is 27.9 Å². The van der Waals surface area contributed by atoms with Crippen LogP contribution in [0, 0.1) is 6.92 Å². The second kappa shape index (κ2) is 12.1. The fourth-order valence-electron chi connectivity index (χ4n) is 3.93. The molecule has 37 heavy (non-hydrogen) atoms. The van der Waals surface area contributed by atoms with Gasteiger partial charge in [0.25, 0.3) is 0 Å². The van der Waals surface area contributed by atoms with Gasteiger partial charge in [-0.3, -0.25) is 10.00 Å². The first-order valence-electron chi connectivity index (χ1n) is 12.0. The Morgan fingerprint density at radius 3 is 2.51 bits per heavy atom. The zero-order valence-electron chi connectivity index (χ0n) is 21.6. The average Bonchev–Trinajstić information content (AvgIpc) is 3.28. The highest BCUT2D eigenvalue weighted by Crippen LogP contribution is 2.38. The number of benzene rings is 1. The second-order valence-electron chi connectivity index (χ2n) is 9.02. The van der Waals surface area contributed by atoms with E-state index in [2.05, 4.69) is 49.6 Å². The number of carbonyl (C=O) groups is 1. The lowest BCUT2D eigenvalue weighted by molar-refractivity contribution is 0.228. The number of H-pyrrole nitrogens is 1. The Bertz CT molecular complexity index is 1190. The van der Waals surface area contributed by atoms with Crippen molar-refractivity contribution in [1.82, 2.24) is 30.0 Å². The predicted molar refractivity (Wildman–Crippen MR) is 146 cm³/mol. The van der Waals surface area contributed by atoms with Crippen LogP contribution in [-0.2, 0) is 0 Å². The molecule has 2 aromatic heterocycles. The summed E-state index contributed by atoms with van der Waals surface area (Å²) < 4.78 is 5.82. The fourth-order valence-corrected chi connectivity index (χ4v) is 4.69. The number of carbonyl (C=O) groups excluding carboxylic acids is 1. The van der Waals surface area contributed by atoms with Crippen LogP contribution in [0.2, 0.25) is 0 Å². The number of urea groups is 1. The SMILES string of the molecule is COc1c(Nc2cc(C)[nH]n2)nc(Sc2ccc(NC(N)=O)cc2)nc1N1CCN(CCN(C)C)CC1. The molecule has 1 aliphatic heterocycles. The van der Waals surface area contributed by atoms with Crippen LogP contribution in [0.25, 0.3) is 0 Å². The minimum Gasteiger partial charge on any atom is -0.490 e. The first-order chi connectivity index (χ1) is 17.8. The van der Waals surface area contributed by atoms with Crippen LogP contribution in [0.3, 0.4) is 0 Å². The minimum absolute atomic E-state index is 0.545. The number of hydrogen-bond donors (Lipinski definition) is 4. The summed E-state index contributed by atoms with van der Waals surface area (Å²) in [5.74, 6) is 2.51. The van der Waals surface area contributed by atoms with E-state index in [1.54, 1.807) is 19.2 Å². The highest BCUT2D eigenvalue weighted by molar-refractivity contribution is 7.99. The topological polar surface area (TPSA) is 141 Å². The lowest BCUT2D eigenvalue weighted by atomic mass is 10.3. The van der Waals surface area contributed by atoms with Gasteiger partial charge >= 0.3 is 6.03 Å². The maximum atomic E-state index is 11.1. The summed E-state index contributed by atoms with van der Waals surface area (Å²) in [6.07, 6.45) is 0. The number of anilines is 4. The Hall–Kier alpha value is -3.55. The van der Waals surface area contributed by atoms with Crippen LogP contribution < -0.4 is 26.0 Å². The summed E-state index contributed by atoms with van der Waals surface area (Å²) in [4.78, 5) is 28.6. The second-order valence-corrected chi connectivity index (χ2v) is 10.1. The van der Waals surface area contributed by atoms with Crippen molar-refractivity contribution in [2.45, 2.75) is 17.0 Å². The van der Waals surface area contributed by atoms with Gasteiger partial charge in [-0.1, -0.05) is 0 Å².